The molecule has 0 saturated carbocycles. The molecular weight excluding hydrogens is 398 g/mol. The number of phosphoric acid groups is 2. The summed E-state index contributed by atoms with van der Waals surface area (Å²) in [7, 11) is -9.99. The second-order valence-corrected chi connectivity index (χ2v) is 8.49. The Labute approximate surface area is 143 Å². The predicted octanol–water partition coefficient (Wildman–Crippen LogP) is -0.989. The number of rotatable bonds is 1. The fourth-order valence-electron chi connectivity index (χ4n) is 2.74. The van der Waals surface area contributed by atoms with Gasteiger partial charge in [-0.3, -0.25) is 18.4 Å². The first-order valence-electron chi connectivity index (χ1n) is 7.10. The summed E-state index contributed by atoms with van der Waals surface area (Å²) < 4.78 is 43.9. The highest BCUT2D eigenvalue weighted by Crippen LogP contribution is 2.63. The third kappa shape index (κ3) is 3.05. The molecule has 2 unspecified atom stereocenters. The molecule has 2 aliphatic heterocycles. The fraction of sp³-hybridized carbons (Fsp3) is 0.500. The van der Waals surface area contributed by atoms with Crippen LogP contribution < -0.4 is 5.56 Å². The highest BCUT2D eigenvalue weighted by Gasteiger charge is 2.53. The van der Waals surface area contributed by atoms with E-state index < -0.39 is 52.4 Å². The molecule has 0 amide bonds. The molecule has 2 saturated heterocycles. The van der Waals surface area contributed by atoms with Crippen LogP contribution in [0.15, 0.2) is 17.4 Å². The number of aliphatic hydroxyl groups excluding tert-OH is 1. The number of aliphatic hydroxyl groups is 1. The third-order valence-electron chi connectivity index (χ3n) is 3.82. The van der Waals surface area contributed by atoms with E-state index in [2.05, 4.69) is 23.8 Å². The van der Waals surface area contributed by atoms with Crippen LogP contribution in [-0.4, -0.2) is 59.3 Å². The van der Waals surface area contributed by atoms with Gasteiger partial charge in [-0.25, -0.2) is 19.1 Å². The topological polar surface area (TPSA) is 195 Å². The standard InChI is InChI=1S/C10H12N4O10P2/c15-6-4-1-21-25(17,18)24-26(19,20)23-7(6)10(22-4)14-3-13-5-8(14)11-2-12-9(5)16/h2-4,6-7,10,15H,1H2,(H,17,18)(H,19,20)(H,11,12,16)/t4-,6-,7-,10-/m1/s1. The zero-order valence-electron chi connectivity index (χ0n) is 12.6. The average Bonchev–Trinajstić information content (AvgIpc) is 3.08. The number of hydrogen-bond donors (Lipinski definition) is 4. The Morgan fingerprint density at radius 3 is 2.81 bits per heavy atom. The summed E-state index contributed by atoms with van der Waals surface area (Å²) in [6, 6.07) is 0. The quantitative estimate of drug-likeness (QED) is 0.420. The van der Waals surface area contributed by atoms with E-state index in [0.29, 0.717) is 0 Å². The van der Waals surface area contributed by atoms with Crippen LogP contribution in [0.4, 0.5) is 0 Å². The van der Waals surface area contributed by atoms with Gasteiger partial charge in [0.05, 0.1) is 19.3 Å². The van der Waals surface area contributed by atoms with E-state index in [0.717, 1.165) is 6.33 Å². The number of fused-ring (bicyclic) bond motifs is 3. The molecule has 4 rings (SSSR count). The van der Waals surface area contributed by atoms with Crippen LogP contribution in [0.1, 0.15) is 6.23 Å². The van der Waals surface area contributed by atoms with Crippen molar-refractivity contribution < 1.29 is 42.1 Å². The van der Waals surface area contributed by atoms with Gasteiger partial charge in [0.2, 0.25) is 0 Å². The largest absolute Gasteiger partial charge is 0.481 e. The van der Waals surface area contributed by atoms with E-state index in [4.69, 9.17) is 9.26 Å². The molecule has 2 bridgehead atoms. The highest BCUT2D eigenvalue weighted by molar-refractivity contribution is 7.61. The van der Waals surface area contributed by atoms with Crippen molar-refractivity contribution in [2.75, 3.05) is 6.61 Å². The Balaban J connectivity index is 1.77. The van der Waals surface area contributed by atoms with Crippen molar-refractivity contribution in [3.8, 4) is 0 Å². The Bertz CT molecular complexity index is 1010. The summed E-state index contributed by atoms with van der Waals surface area (Å²) in [6.45, 7) is -0.619. The molecular formula is C10H12N4O10P2. The van der Waals surface area contributed by atoms with Crippen LogP contribution in [0, 0.1) is 0 Å². The molecule has 26 heavy (non-hydrogen) atoms. The molecule has 2 aliphatic rings. The molecule has 0 spiro atoms. The predicted molar refractivity (Wildman–Crippen MR) is 79.6 cm³/mol. The van der Waals surface area contributed by atoms with Gasteiger partial charge in [-0.1, -0.05) is 0 Å². The lowest BCUT2D eigenvalue weighted by atomic mass is 10.1. The lowest BCUT2D eigenvalue weighted by molar-refractivity contribution is -0.0545. The summed E-state index contributed by atoms with van der Waals surface area (Å²) in [6.07, 6.45) is -3.14. The summed E-state index contributed by atoms with van der Waals surface area (Å²) in [5.41, 5.74) is -0.484. The maximum atomic E-state index is 12.0. The van der Waals surface area contributed by atoms with Crippen molar-refractivity contribution in [2.24, 2.45) is 0 Å². The van der Waals surface area contributed by atoms with Gasteiger partial charge in [-0.05, 0) is 0 Å². The van der Waals surface area contributed by atoms with E-state index in [-0.39, 0.29) is 11.2 Å². The van der Waals surface area contributed by atoms with Gasteiger partial charge < -0.3 is 24.6 Å². The number of H-pyrrole nitrogens is 1. The minimum absolute atomic E-state index is 0.0283. The Hall–Kier alpha value is -1.47. The molecule has 4 N–H and O–H groups in total. The van der Waals surface area contributed by atoms with Crippen molar-refractivity contribution in [2.45, 2.75) is 24.5 Å². The monoisotopic (exact) mass is 410 g/mol. The Kier molecular flexibility index (Phi) is 4.15. The van der Waals surface area contributed by atoms with E-state index in [9.17, 15) is 28.8 Å². The highest BCUT2D eigenvalue weighted by atomic mass is 31.3. The lowest BCUT2D eigenvalue weighted by Gasteiger charge is -2.24. The lowest BCUT2D eigenvalue weighted by Crippen LogP contribution is -2.34. The summed E-state index contributed by atoms with van der Waals surface area (Å²) in [4.78, 5) is 41.0. The number of aromatic amines is 1. The van der Waals surface area contributed by atoms with Crippen molar-refractivity contribution >= 4 is 26.8 Å². The average molecular weight is 410 g/mol. The fourth-order valence-corrected chi connectivity index (χ4v) is 4.99. The van der Waals surface area contributed by atoms with Crippen molar-refractivity contribution in [3.05, 3.63) is 23.0 Å². The molecule has 14 nitrogen and oxygen atoms in total. The van der Waals surface area contributed by atoms with E-state index >= 15 is 0 Å². The zero-order valence-corrected chi connectivity index (χ0v) is 14.4. The number of nitrogens with one attached hydrogen (secondary N) is 1. The first kappa shape index (κ1) is 17.9. The first-order chi connectivity index (χ1) is 12.2. The normalized spacial score (nSPS) is 40.9. The van der Waals surface area contributed by atoms with Crippen LogP contribution >= 0.6 is 15.6 Å². The van der Waals surface area contributed by atoms with E-state index in [1.807, 2.05) is 0 Å². The maximum Gasteiger partial charge on any atom is 0.481 e. The minimum Gasteiger partial charge on any atom is -0.387 e. The molecule has 4 heterocycles. The van der Waals surface area contributed by atoms with Gasteiger partial charge in [-0.15, -0.1) is 0 Å². The summed E-state index contributed by atoms with van der Waals surface area (Å²) in [5, 5.41) is 10.3. The number of phosphoric ester groups is 2. The molecule has 2 aromatic rings. The minimum atomic E-state index is -5.10. The van der Waals surface area contributed by atoms with Crippen LogP contribution in [0.5, 0.6) is 0 Å². The molecule has 0 radical (unpaired) electrons. The first-order valence-corrected chi connectivity index (χ1v) is 10.1. The molecule has 16 heteroatoms. The Morgan fingerprint density at radius 1 is 1.27 bits per heavy atom. The van der Waals surface area contributed by atoms with Crippen LogP contribution in [0.3, 0.4) is 0 Å². The smallest absolute Gasteiger partial charge is 0.387 e. The summed E-state index contributed by atoms with van der Waals surface area (Å²) in [5.74, 6) is 0. The summed E-state index contributed by atoms with van der Waals surface area (Å²) >= 11 is 0. The third-order valence-corrected chi connectivity index (χ3v) is 6.45. The zero-order chi connectivity index (χ0) is 18.7. The van der Waals surface area contributed by atoms with E-state index in [1.54, 1.807) is 0 Å². The van der Waals surface area contributed by atoms with Gasteiger partial charge in [0.25, 0.3) is 5.56 Å². The molecule has 142 valence electrons. The van der Waals surface area contributed by atoms with Crippen LogP contribution in [0.25, 0.3) is 11.2 Å². The molecule has 2 fully saturated rings. The maximum absolute atomic E-state index is 12.0. The van der Waals surface area contributed by atoms with Gasteiger partial charge in [-0.2, -0.15) is 4.31 Å². The number of hydrogen-bond acceptors (Lipinski definition) is 10. The van der Waals surface area contributed by atoms with Gasteiger partial charge in [0.15, 0.2) is 17.4 Å². The van der Waals surface area contributed by atoms with Crippen LogP contribution in [0.2, 0.25) is 0 Å². The van der Waals surface area contributed by atoms with Gasteiger partial charge >= 0.3 is 15.6 Å². The van der Waals surface area contributed by atoms with Crippen LogP contribution in [-0.2, 0) is 27.2 Å². The van der Waals surface area contributed by atoms with Crippen molar-refractivity contribution in [3.63, 3.8) is 0 Å². The molecule has 0 aliphatic carbocycles. The number of nitrogens with zero attached hydrogens (tertiary/aromatic N) is 3. The molecule has 2 aromatic heterocycles. The van der Waals surface area contributed by atoms with Gasteiger partial charge in [0, 0.05) is 0 Å². The molecule has 0 aromatic carbocycles. The van der Waals surface area contributed by atoms with E-state index in [1.165, 1.54) is 10.9 Å². The van der Waals surface area contributed by atoms with Crippen molar-refractivity contribution in [1.29, 1.82) is 0 Å². The van der Waals surface area contributed by atoms with Crippen molar-refractivity contribution in [1.82, 2.24) is 19.5 Å². The number of ether oxygens (including phenoxy) is 1. The second kappa shape index (κ2) is 6.02. The van der Waals surface area contributed by atoms with Gasteiger partial charge in [0.1, 0.15) is 18.3 Å². The number of aromatic nitrogens is 4. The SMILES string of the molecule is O=c1[nH]cnc2c1ncn2[C@@H]1O[C@@H]2COP(=O)(O)OP(=O)(O)O[C@@H]1[C@@H]2O. The number of imidazole rings is 1. The Morgan fingerprint density at radius 2 is 2.04 bits per heavy atom. The molecule has 6 atom stereocenters. The second-order valence-electron chi connectivity index (χ2n) is 5.50.